The zero-order chi connectivity index (χ0) is 11.1. The minimum Gasteiger partial charge on any atom is -0.369 e. The third kappa shape index (κ3) is 3.00. The molecule has 76 valence electrons. The minimum absolute atomic E-state index is 0.0358. The molecule has 1 N–H and O–H groups in total. The molecule has 0 aliphatic heterocycles. The zero-order valence-electron chi connectivity index (χ0n) is 8.70. The van der Waals surface area contributed by atoms with E-state index in [4.69, 9.17) is 11.7 Å². The molecule has 1 unspecified atom stereocenters. The number of nitriles is 1. The number of nitrogens with zero attached hydrogens (tertiary/aromatic N) is 2. The second kappa shape index (κ2) is 5.67. The Morgan fingerprint density at radius 2 is 2.47 bits per heavy atom. The van der Waals surface area contributed by atoms with Gasteiger partial charge in [0.25, 0.3) is 0 Å². The maximum absolute atomic E-state index is 8.83. The number of pyridine rings is 1. The van der Waals surface area contributed by atoms with Crippen molar-refractivity contribution in [1.82, 2.24) is 4.98 Å². The Bertz CT molecular complexity index is 398. The summed E-state index contributed by atoms with van der Waals surface area (Å²) < 4.78 is 0. The molecule has 0 spiro atoms. The lowest BCUT2D eigenvalue weighted by molar-refractivity contribution is 0.755. The Morgan fingerprint density at radius 1 is 1.67 bits per heavy atom. The van der Waals surface area contributed by atoms with Gasteiger partial charge in [-0.1, -0.05) is 19.3 Å². The van der Waals surface area contributed by atoms with Crippen LogP contribution in [0.15, 0.2) is 18.3 Å². The van der Waals surface area contributed by atoms with Gasteiger partial charge in [0, 0.05) is 6.20 Å². The molecule has 1 aromatic heterocycles. The van der Waals surface area contributed by atoms with E-state index in [0.717, 1.165) is 12.8 Å². The van der Waals surface area contributed by atoms with Crippen LogP contribution in [0.5, 0.6) is 0 Å². The van der Waals surface area contributed by atoms with Crippen LogP contribution >= 0.6 is 0 Å². The Kier molecular flexibility index (Phi) is 4.19. The second-order valence-corrected chi connectivity index (χ2v) is 3.16. The molecule has 0 amide bonds. The molecule has 0 aliphatic carbocycles. The van der Waals surface area contributed by atoms with E-state index >= 15 is 0 Å². The lowest BCUT2D eigenvalue weighted by Gasteiger charge is -2.13. The van der Waals surface area contributed by atoms with Crippen LogP contribution in [0.1, 0.15) is 25.5 Å². The number of terminal acetylenes is 1. The van der Waals surface area contributed by atoms with Crippen molar-refractivity contribution in [2.45, 2.75) is 25.8 Å². The molecule has 0 fully saturated rings. The number of rotatable bonds is 4. The molecule has 1 heterocycles. The maximum atomic E-state index is 8.83. The van der Waals surface area contributed by atoms with E-state index in [0.29, 0.717) is 11.4 Å². The van der Waals surface area contributed by atoms with Gasteiger partial charge in [0.2, 0.25) is 0 Å². The average molecular weight is 199 g/mol. The van der Waals surface area contributed by atoms with Crippen LogP contribution in [0.3, 0.4) is 0 Å². The highest BCUT2D eigenvalue weighted by Gasteiger charge is 2.07. The van der Waals surface area contributed by atoms with Crippen molar-refractivity contribution in [3.05, 3.63) is 24.0 Å². The molecule has 0 saturated heterocycles. The van der Waals surface area contributed by atoms with E-state index in [2.05, 4.69) is 23.1 Å². The van der Waals surface area contributed by atoms with Gasteiger partial charge >= 0.3 is 0 Å². The fraction of sp³-hybridized carbons (Fsp3) is 0.333. The van der Waals surface area contributed by atoms with Gasteiger partial charge in [0.1, 0.15) is 6.07 Å². The summed E-state index contributed by atoms with van der Waals surface area (Å²) in [6.07, 6.45) is 8.86. The molecule has 3 nitrogen and oxygen atoms in total. The number of hydrogen-bond acceptors (Lipinski definition) is 3. The summed E-state index contributed by atoms with van der Waals surface area (Å²) in [4.78, 5) is 3.95. The van der Waals surface area contributed by atoms with Crippen LogP contribution < -0.4 is 5.32 Å². The summed E-state index contributed by atoms with van der Waals surface area (Å²) >= 11 is 0. The van der Waals surface area contributed by atoms with Crippen molar-refractivity contribution in [3.63, 3.8) is 0 Å². The SMILES string of the molecule is C#CC(CCC)Nc1cccnc1C#N. The van der Waals surface area contributed by atoms with E-state index in [-0.39, 0.29) is 6.04 Å². The molecule has 0 saturated carbocycles. The van der Waals surface area contributed by atoms with Crippen molar-refractivity contribution in [3.8, 4) is 18.4 Å². The van der Waals surface area contributed by atoms with Crippen LogP contribution in [-0.2, 0) is 0 Å². The monoisotopic (exact) mass is 199 g/mol. The van der Waals surface area contributed by atoms with Gasteiger partial charge in [0.05, 0.1) is 11.7 Å². The Balaban J connectivity index is 2.80. The summed E-state index contributed by atoms with van der Waals surface area (Å²) in [5.41, 5.74) is 1.09. The third-order valence-corrected chi connectivity index (χ3v) is 2.02. The van der Waals surface area contributed by atoms with Crippen molar-refractivity contribution in [1.29, 1.82) is 5.26 Å². The van der Waals surface area contributed by atoms with Crippen molar-refractivity contribution >= 4 is 5.69 Å². The molecule has 0 aromatic carbocycles. The Labute approximate surface area is 90.1 Å². The first-order valence-electron chi connectivity index (χ1n) is 4.89. The van der Waals surface area contributed by atoms with E-state index < -0.39 is 0 Å². The molecule has 15 heavy (non-hydrogen) atoms. The molecule has 1 atom stereocenters. The minimum atomic E-state index is -0.0358. The molecule has 1 aromatic rings. The van der Waals surface area contributed by atoms with E-state index in [1.54, 1.807) is 12.3 Å². The number of aromatic nitrogens is 1. The quantitative estimate of drug-likeness (QED) is 0.756. The topological polar surface area (TPSA) is 48.7 Å². The third-order valence-electron chi connectivity index (χ3n) is 2.02. The average Bonchev–Trinajstić information content (AvgIpc) is 2.29. The van der Waals surface area contributed by atoms with Crippen LogP contribution in [-0.4, -0.2) is 11.0 Å². The molecular weight excluding hydrogens is 186 g/mol. The van der Waals surface area contributed by atoms with E-state index in [1.165, 1.54) is 0 Å². The fourth-order valence-corrected chi connectivity index (χ4v) is 1.28. The van der Waals surface area contributed by atoms with Gasteiger partial charge in [-0.3, -0.25) is 0 Å². The lowest BCUT2D eigenvalue weighted by atomic mass is 10.1. The highest BCUT2D eigenvalue weighted by molar-refractivity contribution is 5.54. The molecule has 0 aliphatic rings. The van der Waals surface area contributed by atoms with Gasteiger partial charge in [-0.2, -0.15) is 5.26 Å². The van der Waals surface area contributed by atoms with Gasteiger partial charge < -0.3 is 5.32 Å². The second-order valence-electron chi connectivity index (χ2n) is 3.16. The lowest BCUT2D eigenvalue weighted by Crippen LogP contribution is -2.17. The molecule has 1 rings (SSSR count). The zero-order valence-corrected chi connectivity index (χ0v) is 8.70. The smallest absolute Gasteiger partial charge is 0.163 e. The predicted octanol–water partition coefficient (Wildman–Crippen LogP) is 2.17. The van der Waals surface area contributed by atoms with Crippen LogP contribution in [0.25, 0.3) is 0 Å². The number of nitrogens with one attached hydrogen (secondary N) is 1. The molecule has 3 heteroatoms. The van der Waals surface area contributed by atoms with Gasteiger partial charge in [-0.15, -0.1) is 6.42 Å². The normalized spacial score (nSPS) is 11.1. The summed E-state index contributed by atoms with van der Waals surface area (Å²) in [6, 6.07) is 5.58. The summed E-state index contributed by atoms with van der Waals surface area (Å²) in [5.74, 6) is 2.65. The summed E-state index contributed by atoms with van der Waals surface area (Å²) in [6.45, 7) is 2.07. The first kappa shape index (κ1) is 11.1. The highest BCUT2D eigenvalue weighted by atomic mass is 14.9. The Hall–Kier alpha value is -2.00. The van der Waals surface area contributed by atoms with Crippen LogP contribution in [0, 0.1) is 23.7 Å². The van der Waals surface area contributed by atoms with Crippen molar-refractivity contribution in [2.75, 3.05) is 5.32 Å². The van der Waals surface area contributed by atoms with Gasteiger partial charge in [-0.25, -0.2) is 4.98 Å². The standard InChI is InChI=1S/C12H13N3/c1-3-6-10(4-2)15-11-7-5-8-14-12(11)9-13/h2,5,7-8,10,15H,3,6H2,1H3. The van der Waals surface area contributed by atoms with Gasteiger partial charge in [0.15, 0.2) is 5.69 Å². The highest BCUT2D eigenvalue weighted by Crippen LogP contribution is 2.13. The van der Waals surface area contributed by atoms with Crippen LogP contribution in [0.4, 0.5) is 5.69 Å². The maximum Gasteiger partial charge on any atom is 0.163 e. The van der Waals surface area contributed by atoms with E-state index in [9.17, 15) is 0 Å². The van der Waals surface area contributed by atoms with Crippen molar-refractivity contribution < 1.29 is 0 Å². The summed E-state index contributed by atoms with van der Waals surface area (Å²) in [5, 5.41) is 12.0. The number of hydrogen-bond donors (Lipinski definition) is 1. The largest absolute Gasteiger partial charge is 0.369 e. The Morgan fingerprint density at radius 3 is 3.07 bits per heavy atom. The molecular formula is C12H13N3. The summed E-state index contributed by atoms with van der Waals surface area (Å²) in [7, 11) is 0. The fourth-order valence-electron chi connectivity index (χ4n) is 1.28. The predicted molar refractivity (Wildman–Crippen MR) is 60.1 cm³/mol. The van der Waals surface area contributed by atoms with Gasteiger partial charge in [-0.05, 0) is 18.6 Å². The molecule has 0 bridgehead atoms. The molecule has 0 radical (unpaired) electrons. The number of anilines is 1. The first-order chi connectivity index (χ1) is 7.31. The van der Waals surface area contributed by atoms with Crippen molar-refractivity contribution in [2.24, 2.45) is 0 Å². The van der Waals surface area contributed by atoms with E-state index in [1.807, 2.05) is 12.1 Å². The van der Waals surface area contributed by atoms with Crippen LogP contribution in [0.2, 0.25) is 0 Å². The first-order valence-corrected chi connectivity index (χ1v) is 4.89.